The summed E-state index contributed by atoms with van der Waals surface area (Å²) in [5.41, 5.74) is 2.09. The van der Waals surface area contributed by atoms with Crippen LogP contribution in [0.1, 0.15) is 17.5 Å². The highest BCUT2D eigenvalue weighted by molar-refractivity contribution is 5.73. The predicted molar refractivity (Wildman–Crippen MR) is 101 cm³/mol. The molecule has 1 fully saturated rings. The topological polar surface area (TPSA) is 107 Å². The van der Waals surface area contributed by atoms with E-state index in [1.807, 2.05) is 19.2 Å². The zero-order valence-electron chi connectivity index (χ0n) is 16.5. The third kappa shape index (κ3) is 6.12. The van der Waals surface area contributed by atoms with Gasteiger partial charge in [-0.3, -0.25) is 9.58 Å². The average Bonchev–Trinajstić information content (AvgIpc) is 3.37. The summed E-state index contributed by atoms with van der Waals surface area (Å²) in [6.45, 7) is 3.21. The third-order valence-electron chi connectivity index (χ3n) is 4.41. The van der Waals surface area contributed by atoms with E-state index < -0.39 is 12.1 Å². The lowest BCUT2D eigenvalue weighted by Gasteiger charge is -2.31. The van der Waals surface area contributed by atoms with Gasteiger partial charge in [0.1, 0.15) is 11.8 Å². The molecular weight excluding hydrogens is 419 g/mol. The molecule has 0 spiro atoms. The van der Waals surface area contributed by atoms with E-state index in [1.165, 1.54) is 5.56 Å². The van der Waals surface area contributed by atoms with Gasteiger partial charge in [-0.05, 0) is 11.6 Å². The molecule has 0 saturated carbocycles. The van der Waals surface area contributed by atoms with Gasteiger partial charge in [0.25, 0.3) is 5.89 Å². The maximum Gasteiger partial charge on any atom is 0.490 e. The summed E-state index contributed by atoms with van der Waals surface area (Å²) >= 11 is 0. The first-order valence-corrected chi connectivity index (χ1v) is 9.24. The minimum Gasteiger partial charge on any atom is -0.475 e. The minimum absolute atomic E-state index is 0.173. The first-order valence-electron chi connectivity index (χ1n) is 9.24. The molecule has 12 heteroatoms. The summed E-state index contributed by atoms with van der Waals surface area (Å²) in [6.07, 6.45) is -3.55. The molecule has 0 aliphatic carbocycles. The predicted octanol–water partition coefficient (Wildman–Crippen LogP) is 2.68. The zero-order chi connectivity index (χ0) is 22.4. The standard InChI is InChI=1S/C17H19N5O2.C2HF3O2/c1-21-14(7-8-18-21)17-19-16(20-24-17)15-12-22(9-10-23-15)11-13-5-3-2-4-6-13;3-2(4,5)1(6)7/h2-8,15H,9-12H2,1H3;(H,6,7). The number of aliphatic carboxylic acids is 1. The van der Waals surface area contributed by atoms with Crippen molar-refractivity contribution in [3.63, 3.8) is 0 Å². The number of ether oxygens (including phenoxy) is 1. The highest BCUT2D eigenvalue weighted by Crippen LogP contribution is 2.24. The van der Waals surface area contributed by atoms with Crippen molar-refractivity contribution in [1.29, 1.82) is 0 Å². The van der Waals surface area contributed by atoms with Crippen LogP contribution in [0.15, 0.2) is 47.1 Å². The largest absolute Gasteiger partial charge is 0.490 e. The van der Waals surface area contributed by atoms with Gasteiger partial charge >= 0.3 is 12.1 Å². The number of rotatable bonds is 4. The van der Waals surface area contributed by atoms with Crippen LogP contribution in [0.4, 0.5) is 13.2 Å². The first-order chi connectivity index (χ1) is 14.7. The molecule has 4 rings (SSSR count). The molecule has 3 aromatic rings. The molecular formula is C19H20F3N5O4. The lowest BCUT2D eigenvalue weighted by molar-refractivity contribution is -0.192. The number of hydrogen-bond acceptors (Lipinski definition) is 7. The second kappa shape index (κ2) is 9.71. The molecule has 166 valence electrons. The second-order valence-electron chi connectivity index (χ2n) is 6.68. The fourth-order valence-corrected chi connectivity index (χ4v) is 2.90. The highest BCUT2D eigenvalue weighted by Gasteiger charge is 2.38. The van der Waals surface area contributed by atoms with Crippen LogP contribution in [0.3, 0.4) is 0 Å². The normalized spacial score (nSPS) is 17.1. The van der Waals surface area contributed by atoms with Crippen molar-refractivity contribution in [2.24, 2.45) is 7.05 Å². The molecule has 3 heterocycles. The van der Waals surface area contributed by atoms with Gasteiger partial charge in [0.2, 0.25) is 5.82 Å². The summed E-state index contributed by atoms with van der Waals surface area (Å²) in [7, 11) is 1.85. The SMILES string of the molecule is Cn1nccc1-c1nc(C2CN(Cc3ccccc3)CCO2)no1.O=C(O)C(F)(F)F. The fraction of sp³-hybridized carbons (Fsp3) is 0.368. The molecule has 1 N–H and O–H groups in total. The molecule has 0 bridgehead atoms. The van der Waals surface area contributed by atoms with Gasteiger partial charge < -0.3 is 14.4 Å². The van der Waals surface area contributed by atoms with Crippen molar-refractivity contribution in [3.05, 3.63) is 54.0 Å². The number of benzene rings is 1. The number of carboxylic acid groups (broad SMARTS) is 1. The Morgan fingerprint density at radius 3 is 2.58 bits per heavy atom. The van der Waals surface area contributed by atoms with Gasteiger partial charge in [-0.2, -0.15) is 23.3 Å². The van der Waals surface area contributed by atoms with Gasteiger partial charge in [0.05, 0.1) is 6.61 Å². The average molecular weight is 439 g/mol. The van der Waals surface area contributed by atoms with Gasteiger partial charge in [-0.1, -0.05) is 35.5 Å². The van der Waals surface area contributed by atoms with Crippen LogP contribution in [0.5, 0.6) is 0 Å². The number of aryl methyl sites for hydroxylation is 1. The van der Waals surface area contributed by atoms with Crippen LogP contribution in [0.2, 0.25) is 0 Å². The van der Waals surface area contributed by atoms with Crippen molar-refractivity contribution in [3.8, 4) is 11.6 Å². The van der Waals surface area contributed by atoms with Crippen molar-refractivity contribution in [2.45, 2.75) is 18.8 Å². The zero-order valence-corrected chi connectivity index (χ0v) is 16.5. The van der Waals surface area contributed by atoms with Crippen molar-refractivity contribution < 1.29 is 32.3 Å². The fourth-order valence-electron chi connectivity index (χ4n) is 2.90. The molecule has 0 radical (unpaired) electrons. The molecule has 1 saturated heterocycles. The minimum atomic E-state index is -5.08. The van der Waals surface area contributed by atoms with E-state index in [-0.39, 0.29) is 6.10 Å². The summed E-state index contributed by atoms with van der Waals surface area (Å²) in [5, 5.41) is 15.3. The number of alkyl halides is 3. The first kappa shape index (κ1) is 22.4. The molecule has 0 amide bonds. The quantitative estimate of drug-likeness (QED) is 0.661. The van der Waals surface area contributed by atoms with Crippen LogP contribution >= 0.6 is 0 Å². The molecule has 31 heavy (non-hydrogen) atoms. The van der Waals surface area contributed by atoms with Crippen molar-refractivity contribution in [2.75, 3.05) is 19.7 Å². The highest BCUT2D eigenvalue weighted by atomic mass is 19.4. The molecule has 1 aliphatic rings. The van der Waals surface area contributed by atoms with E-state index in [0.717, 1.165) is 25.3 Å². The Bertz CT molecular complexity index is 990. The lowest BCUT2D eigenvalue weighted by Crippen LogP contribution is -2.38. The Kier molecular flexibility index (Phi) is 7.02. The Morgan fingerprint density at radius 2 is 1.97 bits per heavy atom. The molecule has 1 aliphatic heterocycles. The maximum atomic E-state index is 10.6. The van der Waals surface area contributed by atoms with E-state index in [1.54, 1.807) is 10.9 Å². The lowest BCUT2D eigenvalue weighted by atomic mass is 10.2. The monoisotopic (exact) mass is 439 g/mol. The van der Waals surface area contributed by atoms with Crippen LogP contribution in [0.25, 0.3) is 11.6 Å². The number of halogens is 3. The van der Waals surface area contributed by atoms with Crippen molar-refractivity contribution in [1.82, 2.24) is 24.8 Å². The number of carboxylic acids is 1. The molecule has 9 nitrogen and oxygen atoms in total. The second-order valence-corrected chi connectivity index (χ2v) is 6.68. The van der Waals surface area contributed by atoms with Gasteiger partial charge in [0, 0.05) is 32.9 Å². The Labute approximate surface area is 175 Å². The number of hydrogen-bond donors (Lipinski definition) is 1. The number of carbonyl (C=O) groups is 1. The van der Waals surface area contributed by atoms with Crippen LogP contribution in [0, 0.1) is 0 Å². The Morgan fingerprint density at radius 1 is 1.26 bits per heavy atom. The number of morpholine rings is 1. The maximum absolute atomic E-state index is 10.6. The van der Waals surface area contributed by atoms with E-state index >= 15 is 0 Å². The van der Waals surface area contributed by atoms with Crippen LogP contribution < -0.4 is 0 Å². The number of aromatic nitrogens is 4. The molecule has 1 unspecified atom stereocenters. The smallest absolute Gasteiger partial charge is 0.475 e. The van der Waals surface area contributed by atoms with Crippen molar-refractivity contribution >= 4 is 5.97 Å². The third-order valence-corrected chi connectivity index (χ3v) is 4.41. The van der Waals surface area contributed by atoms with Crippen LogP contribution in [-0.2, 0) is 23.1 Å². The molecule has 1 atom stereocenters. The van der Waals surface area contributed by atoms with E-state index in [2.05, 4.69) is 44.4 Å². The van der Waals surface area contributed by atoms with Gasteiger partial charge in [-0.25, -0.2) is 4.79 Å². The van der Waals surface area contributed by atoms with Crippen LogP contribution in [-0.4, -0.2) is 61.8 Å². The van der Waals surface area contributed by atoms with E-state index in [9.17, 15) is 13.2 Å². The molecule has 2 aromatic heterocycles. The summed E-state index contributed by atoms with van der Waals surface area (Å²) < 4.78 is 44.7. The Hall–Kier alpha value is -3.25. The molecule has 1 aromatic carbocycles. The summed E-state index contributed by atoms with van der Waals surface area (Å²) in [4.78, 5) is 15.7. The number of nitrogens with zero attached hydrogens (tertiary/aromatic N) is 5. The van der Waals surface area contributed by atoms with E-state index in [0.29, 0.717) is 18.3 Å². The van der Waals surface area contributed by atoms with Gasteiger partial charge in [-0.15, -0.1) is 0 Å². The summed E-state index contributed by atoms with van der Waals surface area (Å²) in [5.74, 6) is -1.70. The van der Waals surface area contributed by atoms with E-state index in [4.69, 9.17) is 19.2 Å². The summed E-state index contributed by atoms with van der Waals surface area (Å²) in [6, 6.07) is 12.3. The van der Waals surface area contributed by atoms with Gasteiger partial charge in [0.15, 0.2) is 0 Å². The Balaban J connectivity index is 0.000000339.